The monoisotopic (exact) mass is 311 g/mol. The third kappa shape index (κ3) is 2.97. The predicted octanol–water partition coefficient (Wildman–Crippen LogP) is 2.53. The first-order chi connectivity index (χ1) is 10.8. The van der Waals surface area contributed by atoms with Gasteiger partial charge in [-0.15, -0.1) is 16.4 Å². The van der Waals surface area contributed by atoms with Crippen LogP contribution in [0.3, 0.4) is 0 Å². The first-order valence-electron chi connectivity index (χ1n) is 6.73. The second-order valence-electron chi connectivity index (χ2n) is 4.59. The molecule has 22 heavy (non-hydrogen) atoms. The summed E-state index contributed by atoms with van der Waals surface area (Å²) in [6.07, 6.45) is 0.531. The van der Waals surface area contributed by atoms with Crippen molar-refractivity contribution in [3.8, 4) is 17.0 Å². The van der Waals surface area contributed by atoms with E-state index in [9.17, 15) is 5.26 Å². The van der Waals surface area contributed by atoms with Crippen molar-refractivity contribution in [1.29, 1.82) is 5.26 Å². The number of nitrogens with zero attached hydrogens (tertiary/aromatic N) is 5. The smallest absolute Gasteiger partial charge is 0.212 e. The highest BCUT2D eigenvalue weighted by Gasteiger charge is 2.16. The van der Waals surface area contributed by atoms with Crippen molar-refractivity contribution in [2.75, 3.05) is 6.61 Å². The van der Waals surface area contributed by atoms with Crippen molar-refractivity contribution < 1.29 is 4.74 Å². The van der Waals surface area contributed by atoms with E-state index >= 15 is 0 Å². The molecule has 2 aromatic heterocycles. The highest BCUT2D eigenvalue weighted by molar-refractivity contribution is 7.12. The molecule has 110 valence electrons. The van der Waals surface area contributed by atoms with Gasteiger partial charge in [-0.1, -0.05) is 23.4 Å². The molecule has 0 N–H and O–H groups in total. The molecule has 1 aromatic carbocycles. The lowest BCUT2D eigenvalue weighted by atomic mass is 10.2. The number of rotatable bonds is 5. The lowest BCUT2D eigenvalue weighted by Crippen LogP contribution is -2.08. The van der Waals surface area contributed by atoms with Crippen LogP contribution >= 0.6 is 11.3 Å². The van der Waals surface area contributed by atoms with E-state index in [0.29, 0.717) is 29.5 Å². The molecule has 0 unspecified atom stereocenters. The highest BCUT2D eigenvalue weighted by Crippen LogP contribution is 2.18. The van der Waals surface area contributed by atoms with Gasteiger partial charge in [0.05, 0.1) is 18.0 Å². The number of aryl methyl sites for hydroxylation is 1. The average Bonchev–Trinajstić information content (AvgIpc) is 3.14. The van der Waals surface area contributed by atoms with Crippen LogP contribution in [0, 0.1) is 18.3 Å². The number of para-hydroxylation sites is 1. The summed E-state index contributed by atoms with van der Waals surface area (Å²) in [5.74, 6) is 0.796. The van der Waals surface area contributed by atoms with E-state index in [1.54, 1.807) is 4.68 Å². The van der Waals surface area contributed by atoms with Gasteiger partial charge in [0.25, 0.3) is 0 Å². The maximum Gasteiger partial charge on any atom is 0.212 e. The molecular weight excluding hydrogens is 298 g/mol. The van der Waals surface area contributed by atoms with Crippen molar-refractivity contribution in [1.82, 2.24) is 20.0 Å². The van der Waals surface area contributed by atoms with Crippen molar-refractivity contribution >= 4 is 11.3 Å². The number of aromatic nitrogens is 4. The van der Waals surface area contributed by atoms with Crippen LogP contribution in [-0.4, -0.2) is 26.6 Å². The Balaban J connectivity index is 1.78. The van der Waals surface area contributed by atoms with E-state index in [0.717, 1.165) is 11.4 Å². The topological polar surface area (TPSA) is 76.6 Å². The predicted molar refractivity (Wildman–Crippen MR) is 82.1 cm³/mol. The zero-order valence-electron chi connectivity index (χ0n) is 11.9. The second-order valence-corrected chi connectivity index (χ2v) is 5.43. The first kappa shape index (κ1) is 14.2. The summed E-state index contributed by atoms with van der Waals surface area (Å²) in [4.78, 5) is 4.38. The summed E-state index contributed by atoms with van der Waals surface area (Å²) in [6.45, 7) is 2.36. The molecule has 3 rings (SSSR count). The minimum absolute atomic E-state index is 0.310. The quantitative estimate of drug-likeness (QED) is 0.723. The van der Waals surface area contributed by atoms with Gasteiger partial charge in [0.1, 0.15) is 11.8 Å². The first-order valence-corrected chi connectivity index (χ1v) is 7.61. The Morgan fingerprint density at radius 3 is 2.82 bits per heavy atom. The zero-order valence-corrected chi connectivity index (χ0v) is 12.7. The summed E-state index contributed by atoms with van der Waals surface area (Å²) >= 11 is 1.47. The second kappa shape index (κ2) is 6.37. The standard InChI is InChI=1S/C15H13N5OS/c1-11-10-22-15(17-11)20-14(13(9-16)18-19-20)7-8-21-12-5-3-2-4-6-12/h2-6,10H,7-8H2,1H3. The normalized spacial score (nSPS) is 10.4. The number of hydrogen-bond acceptors (Lipinski definition) is 6. The van der Waals surface area contributed by atoms with Gasteiger partial charge in [-0.25, -0.2) is 4.98 Å². The van der Waals surface area contributed by atoms with Gasteiger partial charge >= 0.3 is 0 Å². The van der Waals surface area contributed by atoms with Crippen molar-refractivity contribution in [2.45, 2.75) is 13.3 Å². The van der Waals surface area contributed by atoms with Gasteiger partial charge in [0.15, 0.2) is 5.69 Å². The summed E-state index contributed by atoms with van der Waals surface area (Å²) < 4.78 is 7.30. The Bertz CT molecular complexity index is 803. The Kier molecular flexibility index (Phi) is 4.12. The van der Waals surface area contributed by atoms with E-state index in [1.807, 2.05) is 42.6 Å². The molecule has 0 saturated heterocycles. The van der Waals surface area contributed by atoms with E-state index in [-0.39, 0.29) is 0 Å². The molecule has 0 radical (unpaired) electrons. The third-order valence-electron chi connectivity index (χ3n) is 3.01. The van der Waals surface area contributed by atoms with Crippen LogP contribution in [0.4, 0.5) is 0 Å². The number of benzene rings is 1. The molecule has 0 fully saturated rings. The van der Waals surface area contributed by atoms with Crippen molar-refractivity contribution in [2.24, 2.45) is 0 Å². The lowest BCUT2D eigenvalue weighted by molar-refractivity contribution is 0.319. The van der Waals surface area contributed by atoms with Crippen LogP contribution in [0.2, 0.25) is 0 Å². The van der Waals surface area contributed by atoms with Crippen LogP contribution in [0.1, 0.15) is 17.1 Å². The maximum absolute atomic E-state index is 9.18. The van der Waals surface area contributed by atoms with E-state index < -0.39 is 0 Å². The van der Waals surface area contributed by atoms with Gasteiger partial charge in [-0.05, 0) is 19.1 Å². The minimum Gasteiger partial charge on any atom is -0.493 e. The zero-order chi connectivity index (χ0) is 15.4. The molecule has 0 atom stereocenters. The lowest BCUT2D eigenvalue weighted by Gasteiger charge is -2.06. The average molecular weight is 311 g/mol. The molecule has 0 bridgehead atoms. The number of hydrogen-bond donors (Lipinski definition) is 0. The van der Waals surface area contributed by atoms with Crippen LogP contribution in [0.5, 0.6) is 5.75 Å². The molecule has 0 aliphatic heterocycles. The van der Waals surface area contributed by atoms with Crippen molar-refractivity contribution in [3.63, 3.8) is 0 Å². The van der Waals surface area contributed by atoms with Crippen LogP contribution in [0.25, 0.3) is 5.13 Å². The molecule has 0 aliphatic carbocycles. The highest BCUT2D eigenvalue weighted by atomic mass is 32.1. The van der Waals surface area contributed by atoms with E-state index in [1.165, 1.54) is 11.3 Å². The van der Waals surface area contributed by atoms with Gasteiger partial charge in [-0.2, -0.15) is 9.94 Å². The van der Waals surface area contributed by atoms with Crippen LogP contribution < -0.4 is 4.74 Å². The molecule has 2 heterocycles. The molecule has 3 aromatic rings. The third-order valence-corrected chi connectivity index (χ3v) is 3.94. The molecule has 0 saturated carbocycles. The van der Waals surface area contributed by atoms with Gasteiger partial charge in [0.2, 0.25) is 5.13 Å². The molecule has 7 heteroatoms. The van der Waals surface area contributed by atoms with E-state index in [4.69, 9.17) is 4.74 Å². The number of thiazole rings is 1. The van der Waals surface area contributed by atoms with Crippen LogP contribution in [-0.2, 0) is 6.42 Å². The van der Waals surface area contributed by atoms with Gasteiger partial charge in [0, 0.05) is 11.8 Å². The maximum atomic E-state index is 9.18. The summed E-state index contributed by atoms with van der Waals surface area (Å²) in [5.41, 5.74) is 1.94. The Labute approximate surface area is 131 Å². The molecule has 0 aliphatic rings. The Hall–Kier alpha value is -2.72. The summed E-state index contributed by atoms with van der Waals surface area (Å²) in [7, 11) is 0. The molecular formula is C15H13N5OS. The molecule has 6 nitrogen and oxygen atoms in total. The fourth-order valence-corrected chi connectivity index (χ4v) is 2.76. The summed E-state index contributed by atoms with van der Waals surface area (Å²) in [6, 6.07) is 11.6. The fourth-order valence-electron chi connectivity index (χ4n) is 1.99. The number of ether oxygens (including phenoxy) is 1. The Morgan fingerprint density at radius 2 is 2.14 bits per heavy atom. The molecule has 0 amide bonds. The van der Waals surface area contributed by atoms with Gasteiger partial charge < -0.3 is 4.74 Å². The van der Waals surface area contributed by atoms with Crippen LogP contribution in [0.15, 0.2) is 35.7 Å². The Morgan fingerprint density at radius 1 is 1.32 bits per heavy atom. The largest absolute Gasteiger partial charge is 0.493 e. The SMILES string of the molecule is Cc1csc(-n2nnc(C#N)c2CCOc2ccccc2)n1. The van der Waals surface area contributed by atoms with Gasteiger partial charge in [-0.3, -0.25) is 0 Å². The number of nitriles is 1. The van der Waals surface area contributed by atoms with E-state index in [2.05, 4.69) is 21.4 Å². The summed E-state index contributed by atoms with van der Waals surface area (Å²) in [5, 5.41) is 19.8. The minimum atomic E-state index is 0.310. The van der Waals surface area contributed by atoms with Crippen molar-refractivity contribution in [3.05, 3.63) is 52.8 Å². The molecule has 0 spiro atoms. The fraction of sp³-hybridized carbons (Fsp3) is 0.200.